The second kappa shape index (κ2) is 7.97. The van der Waals surface area contributed by atoms with E-state index in [1.807, 2.05) is 0 Å². The molecule has 0 bridgehead atoms. The molecule has 2 aliphatic heterocycles. The van der Waals surface area contributed by atoms with Crippen LogP contribution in [0.15, 0.2) is 0 Å². The molecule has 3 aliphatic rings. The average molecular weight is 342 g/mol. The predicted octanol–water partition coefficient (Wildman–Crippen LogP) is 2.39. The lowest BCUT2D eigenvalue weighted by atomic mass is 10.0. The van der Waals surface area contributed by atoms with Crippen LogP contribution >= 0.6 is 24.0 Å². The molecular weight excluding hydrogens is 314 g/mol. The second-order valence-corrected chi connectivity index (χ2v) is 8.45. The molecule has 0 N–H and O–H groups in total. The van der Waals surface area contributed by atoms with E-state index in [4.69, 9.17) is 12.2 Å². The van der Waals surface area contributed by atoms with Gasteiger partial charge in [0.15, 0.2) is 0 Å². The van der Waals surface area contributed by atoms with Crippen LogP contribution in [0.2, 0.25) is 0 Å². The predicted molar refractivity (Wildman–Crippen MR) is 96.0 cm³/mol. The zero-order valence-corrected chi connectivity index (χ0v) is 15.0. The summed E-state index contributed by atoms with van der Waals surface area (Å²) in [4.78, 5) is 19.4. The summed E-state index contributed by atoms with van der Waals surface area (Å²) in [6.07, 6.45) is 7.03. The van der Waals surface area contributed by atoms with Gasteiger partial charge in [0.25, 0.3) is 0 Å². The summed E-state index contributed by atoms with van der Waals surface area (Å²) < 4.78 is 1.04. The van der Waals surface area contributed by atoms with Gasteiger partial charge in [-0.1, -0.05) is 36.8 Å². The molecule has 0 atom stereocenters. The molecule has 3 fully saturated rings. The number of carbonyl (C=O) groups is 1. The zero-order chi connectivity index (χ0) is 15.4. The van der Waals surface area contributed by atoms with E-state index in [1.165, 1.54) is 25.7 Å². The largest absolute Gasteiger partial charge is 0.344 e. The van der Waals surface area contributed by atoms with Crippen LogP contribution in [0.5, 0.6) is 0 Å². The minimum atomic E-state index is 0.390. The molecule has 4 nitrogen and oxygen atoms in total. The van der Waals surface area contributed by atoms with Gasteiger partial charge in [-0.05, 0) is 25.2 Å². The fourth-order valence-electron chi connectivity index (χ4n) is 3.75. The zero-order valence-electron chi connectivity index (χ0n) is 13.3. The SMILES string of the molecule is O=C(CC1CCCC1)N1CCCN(CN2CCSC2=S)CC1. The van der Waals surface area contributed by atoms with Crippen LogP contribution in [0.1, 0.15) is 38.5 Å². The van der Waals surface area contributed by atoms with Crippen molar-refractivity contribution in [2.24, 2.45) is 5.92 Å². The normalized spacial score (nSPS) is 25.0. The molecule has 6 heteroatoms. The van der Waals surface area contributed by atoms with E-state index in [0.717, 1.165) is 62.3 Å². The molecule has 0 aromatic heterocycles. The van der Waals surface area contributed by atoms with E-state index in [1.54, 1.807) is 11.8 Å². The van der Waals surface area contributed by atoms with Gasteiger partial charge in [0, 0.05) is 44.9 Å². The maximum Gasteiger partial charge on any atom is 0.222 e. The van der Waals surface area contributed by atoms with Crippen molar-refractivity contribution in [1.29, 1.82) is 0 Å². The first-order chi connectivity index (χ1) is 10.7. The summed E-state index contributed by atoms with van der Waals surface area (Å²) in [7, 11) is 0. The average Bonchev–Trinajstić information content (AvgIpc) is 3.08. The lowest BCUT2D eigenvalue weighted by molar-refractivity contribution is -0.132. The number of thiocarbonyl (C=S) groups is 1. The van der Waals surface area contributed by atoms with Crippen LogP contribution in [0, 0.1) is 5.92 Å². The fraction of sp³-hybridized carbons (Fsp3) is 0.875. The Bertz CT molecular complexity index is 412. The van der Waals surface area contributed by atoms with Crippen LogP contribution in [0.25, 0.3) is 0 Å². The van der Waals surface area contributed by atoms with Crippen molar-refractivity contribution in [2.45, 2.75) is 38.5 Å². The second-order valence-electron chi connectivity index (χ2n) is 6.73. The summed E-state index contributed by atoms with van der Waals surface area (Å²) >= 11 is 7.17. The molecule has 3 rings (SSSR count). The van der Waals surface area contributed by atoms with E-state index in [0.29, 0.717) is 11.8 Å². The van der Waals surface area contributed by atoms with Crippen molar-refractivity contribution in [3.05, 3.63) is 0 Å². The van der Waals surface area contributed by atoms with Gasteiger partial charge >= 0.3 is 0 Å². The van der Waals surface area contributed by atoms with Crippen molar-refractivity contribution in [1.82, 2.24) is 14.7 Å². The molecule has 0 aromatic carbocycles. The number of amides is 1. The van der Waals surface area contributed by atoms with Crippen LogP contribution in [0.4, 0.5) is 0 Å². The third kappa shape index (κ3) is 4.36. The Morgan fingerprint density at radius 1 is 1.09 bits per heavy atom. The first kappa shape index (κ1) is 16.5. The highest BCUT2D eigenvalue weighted by Gasteiger charge is 2.25. The first-order valence-corrected chi connectivity index (χ1v) is 10.0. The highest BCUT2D eigenvalue weighted by atomic mass is 32.2. The van der Waals surface area contributed by atoms with Crippen molar-refractivity contribution in [3.63, 3.8) is 0 Å². The fourth-order valence-corrected chi connectivity index (χ4v) is 4.96. The van der Waals surface area contributed by atoms with Gasteiger partial charge in [0.05, 0.1) is 6.67 Å². The Hall–Kier alpha value is -0.330. The van der Waals surface area contributed by atoms with Crippen LogP contribution in [-0.4, -0.2) is 70.1 Å². The summed E-state index contributed by atoms with van der Waals surface area (Å²) in [5.74, 6) is 2.17. The smallest absolute Gasteiger partial charge is 0.222 e. The molecule has 22 heavy (non-hydrogen) atoms. The van der Waals surface area contributed by atoms with Crippen LogP contribution < -0.4 is 0 Å². The van der Waals surface area contributed by atoms with Gasteiger partial charge in [0.1, 0.15) is 4.32 Å². The van der Waals surface area contributed by atoms with Gasteiger partial charge in [0.2, 0.25) is 5.91 Å². The Labute approximate surface area is 143 Å². The van der Waals surface area contributed by atoms with Crippen molar-refractivity contribution >= 4 is 34.2 Å². The van der Waals surface area contributed by atoms with E-state index in [-0.39, 0.29) is 0 Å². The molecule has 2 saturated heterocycles. The molecule has 0 unspecified atom stereocenters. The van der Waals surface area contributed by atoms with E-state index in [2.05, 4.69) is 14.7 Å². The summed E-state index contributed by atoms with van der Waals surface area (Å²) in [6, 6.07) is 0. The van der Waals surface area contributed by atoms with Gasteiger partial charge in [-0.15, -0.1) is 0 Å². The quantitative estimate of drug-likeness (QED) is 0.732. The minimum Gasteiger partial charge on any atom is -0.344 e. The first-order valence-electron chi connectivity index (χ1n) is 8.64. The minimum absolute atomic E-state index is 0.390. The standard InChI is InChI=1S/C16H27N3OS2/c20-15(12-14-4-1-2-5-14)18-7-3-6-17(8-9-18)13-19-10-11-22-16(19)21/h14H,1-13H2. The highest BCUT2D eigenvalue weighted by molar-refractivity contribution is 8.23. The molecule has 0 aromatic rings. The molecule has 2 heterocycles. The van der Waals surface area contributed by atoms with E-state index in [9.17, 15) is 4.79 Å². The molecule has 1 amide bonds. The van der Waals surface area contributed by atoms with Crippen LogP contribution in [0.3, 0.4) is 0 Å². The van der Waals surface area contributed by atoms with E-state index >= 15 is 0 Å². The van der Waals surface area contributed by atoms with Gasteiger partial charge in [-0.25, -0.2) is 0 Å². The maximum absolute atomic E-state index is 12.5. The maximum atomic E-state index is 12.5. The molecule has 124 valence electrons. The number of thioether (sulfide) groups is 1. The third-order valence-corrected chi connectivity index (χ3v) is 6.60. The van der Waals surface area contributed by atoms with Crippen molar-refractivity contribution < 1.29 is 4.79 Å². The third-order valence-electron chi connectivity index (χ3n) is 5.09. The van der Waals surface area contributed by atoms with Crippen molar-refractivity contribution in [3.8, 4) is 0 Å². The Morgan fingerprint density at radius 3 is 2.64 bits per heavy atom. The number of carbonyl (C=O) groups excluding carboxylic acids is 1. The van der Waals surface area contributed by atoms with Gasteiger partial charge < -0.3 is 9.80 Å². The Morgan fingerprint density at radius 2 is 1.91 bits per heavy atom. The summed E-state index contributed by atoms with van der Waals surface area (Å²) in [5.41, 5.74) is 0. The lowest BCUT2D eigenvalue weighted by Gasteiger charge is -2.27. The molecule has 1 aliphatic carbocycles. The lowest BCUT2D eigenvalue weighted by Crippen LogP contribution is -2.40. The van der Waals surface area contributed by atoms with Crippen LogP contribution in [-0.2, 0) is 4.79 Å². The number of hydrogen-bond acceptors (Lipinski definition) is 4. The van der Waals surface area contributed by atoms with Gasteiger partial charge in [-0.3, -0.25) is 9.69 Å². The summed E-state index contributed by atoms with van der Waals surface area (Å²) in [5, 5.41) is 0. The topological polar surface area (TPSA) is 26.8 Å². The van der Waals surface area contributed by atoms with Gasteiger partial charge in [-0.2, -0.15) is 0 Å². The summed E-state index contributed by atoms with van der Waals surface area (Å²) in [6.45, 7) is 5.90. The Balaban J connectivity index is 1.44. The molecule has 1 saturated carbocycles. The Kier molecular flexibility index (Phi) is 5.99. The molecule has 0 spiro atoms. The van der Waals surface area contributed by atoms with Crippen molar-refractivity contribution in [2.75, 3.05) is 45.1 Å². The number of nitrogens with zero attached hydrogens (tertiary/aromatic N) is 3. The monoisotopic (exact) mass is 341 g/mol. The van der Waals surface area contributed by atoms with E-state index < -0.39 is 0 Å². The highest BCUT2D eigenvalue weighted by Crippen LogP contribution is 2.28. The number of hydrogen-bond donors (Lipinski definition) is 0. The molecular formula is C16H27N3OS2. The molecule has 0 radical (unpaired) electrons. The number of rotatable bonds is 4.